The second kappa shape index (κ2) is 11.4. The number of aromatic nitrogens is 4. The molecule has 4 N–H and O–H groups in total. The van der Waals surface area contributed by atoms with Gasteiger partial charge in [-0.1, -0.05) is 11.6 Å². The summed E-state index contributed by atoms with van der Waals surface area (Å²) in [5.41, 5.74) is -0.118. The first-order valence-electron chi connectivity index (χ1n) is 14.9. The Morgan fingerprint density at radius 2 is 1.86 bits per heavy atom. The van der Waals surface area contributed by atoms with Crippen molar-refractivity contribution in [1.29, 1.82) is 0 Å². The number of sulfone groups is 1. The van der Waals surface area contributed by atoms with E-state index in [4.69, 9.17) is 16.3 Å². The second-order valence-corrected chi connectivity index (χ2v) is 15.6. The van der Waals surface area contributed by atoms with Crippen LogP contribution in [0.1, 0.15) is 65.2 Å². The molecule has 3 saturated heterocycles. The van der Waals surface area contributed by atoms with Crippen molar-refractivity contribution in [3.05, 3.63) is 35.0 Å². The van der Waals surface area contributed by atoms with E-state index in [9.17, 15) is 23.7 Å². The molecule has 240 valence electrons. The van der Waals surface area contributed by atoms with Gasteiger partial charge in [-0.15, -0.1) is 0 Å². The van der Waals surface area contributed by atoms with Crippen LogP contribution in [-0.2, 0) is 20.2 Å². The van der Waals surface area contributed by atoms with Crippen molar-refractivity contribution in [1.82, 2.24) is 24.4 Å². The molecule has 0 saturated carbocycles. The Hall–Kier alpha value is -2.46. The van der Waals surface area contributed by atoms with Gasteiger partial charge in [0.15, 0.2) is 15.7 Å². The third-order valence-electron chi connectivity index (χ3n) is 8.93. The fourth-order valence-electron chi connectivity index (χ4n) is 6.72. The summed E-state index contributed by atoms with van der Waals surface area (Å²) in [7, 11) is -3.54. The van der Waals surface area contributed by atoms with E-state index in [0.717, 1.165) is 0 Å². The fraction of sp³-hybridized carbons (Fsp3) is 0.621. The van der Waals surface area contributed by atoms with E-state index in [-0.39, 0.29) is 34.3 Å². The molecule has 5 heterocycles. The molecule has 0 spiro atoms. The summed E-state index contributed by atoms with van der Waals surface area (Å²) in [6.07, 6.45) is 0.201. The number of imidazole rings is 1. The van der Waals surface area contributed by atoms with Crippen LogP contribution in [0.3, 0.4) is 0 Å². The molecule has 0 radical (unpaired) electrons. The van der Waals surface area contributed by atoms with Crippen LogP contribution in [-0.4, -0.2) is 96.4 Å². The van der Waals surface area contributed by atoms with Crippen molar-refractivity contribution in [2.75, 3.05) is 18.5 Å². The normalized spacial score (nSPS) is 27.0. The number of hydrogen-bond acceptors (Lipinski definition) is 11. The first-order valence-corrected chi connectivity index (χ1v) is 16.8. The van der Waals surface area contributed by atoms with Crippen LogP contribution in [0.15, 0.2) is 18.3 Å². The average Bonchev–Trinajstić information content (AvgIpc) is 3.36. The van der Waals surface area contributed by atoms with Crippen molar-refractivity contribution >= 4 is 38.4 Å². The van der Waals surface area contributed by atoms with E-state index >= 15 is 4.39 Å². The van der Waals surface area contributed by atoms with Crippen LogP contribution in [0, 0.1) is 5.82 Å². The third-order valence-corrected chi connectivity index (χ3v) is 11.8. The van der Waals surface area contributed by atoms with Gasteiger partial charge in [0.2, 0.25) is 5.95 Å². The van der Waals surface area contributed by atoms with Crippen molar-refractivity contribution < 1.29 is 32.9 Å². The van der Waals surface area contributed by atoms with Gasteiger partial charge in [-0.3, -0.25) is 4.90 Å². The highest BCUT2D eigenvalue weighted by atomic mass is 35.5. The number of fused-ring (bicyclic) bond motifs is 2. The van der Waals surface area contributed by atoms with Crippen LogP contribution >= 0.6 is 11.6 Å². The van der Waals surface area contributed by atoms with Crippen LogP contribution in [0.25, 0.3) is 22.3 Å². The maximum Gasteiger partial charge on any atom is 0.223 e. The minimum atomic E-state index is -3.54. The predicted molar refractivity (Wildman–Crippen MR) is 162 cm³/mol. The average molecular weight is 653 g/mol. The second-order valence-electron chi connectivity index (χ2n) is 12.8. The molecule has 0 aliphatic carbocycles. The van der Waals surface area contributed by atoms with Gasteiger partial charge in [0.05, 0.1) is 33.7 Å². The van der Waals surface area contributed by atoms with E-state index in [1.165, 1.54) is 17.2 Å². The van der Waals surface area contributed by atoms with E-state index in [0.29, 0.717) is 55.8 Å². The summed E-state index contributed by atoms with van der Waals surface area (Å²) < 4.78 is 49.1. The van der Waals surface area contributed by atoms with Crippen LogP contribution in [0.4, 0.5) is 10.3 Å². The third kappa shape index (κ3) is 5.37. The highest BCUT2D eigenvalue weighted by Crippen LogP contribution is 2.42. The van der Waals surface area contributed by atoms with Gasteiger partial charge in [0.1, 0.15) is 34.6 Å². The maximum atomic E-state index is 15.4. The summed E-state index contributed by atoms with van der Waals surface area (Å²) in [5, 5.41) is 34.6. The zero-order valence-electron chi connectivity index (χ0n) is 25.0. The standard InChI is InChI=1S/C29H38ClFN6O6S/c1-14(2)36-21-10-15(9-19(31)24(21)34-27(36)29(3,4)40)23-18(30)13-32-28(35-23)33-20-11-16-12-22(37(16)26(39)25(20)38)44(41,42)17-5-7-43-8-6-17/h9-10,13-14,16-17,20,22,25-26,38-40H,5-8,11-12H2,1-4H3,(H,32,33,35)/t16-,20+,22?,25-,26-/m0/s1. The lowest BCUT2D eigenvalue weighted by atomic mass is 9.85. The number of rotatable bonds is 7. The largest absolute Gasteiger partial charge is 0.387 e. The van der Waals surface area contributed by atoms with E-state index in [1.54, 1.807) is 24.5 Å². The molecular formula is C29H38ClFN6O6S. The fourth-order valence-corrected chi connectivity index (χ4v) is 9.34. The number of nitrogens with one attached hydrogen (secondary N) is 1. The van der Waals surface area contributed by atoms with E-state index in [2.05, 4.69) is 20.3 Å². The molecule has 0 amide bonds. The molecule has 0 bridgehead atoms. The number of anilines is 1. The number of benzene rings is 1. The molecule has 44 heavy (non-hydrogen) atoms. The topological polar surface area (TPSA) is 163 Å². The van der Waals surface area contributed by atoms with Gasteiger partial charge in [-0.05, 0) is 65.5 Å². The van der Waals surface area contributed by atoms with Gasteiger partial charge in [-0.25, -0.2) is 27.8 Å². The number of ether oxygens (including phenoxy) is 1. The zero-order valence-corrected chi connectivity index (χ0v) is 26.6. The summed E-state index contributed by atoms with van der Waals surface area (Å²) in [5.74, 6) is -0.171. The Kier molecular flexibility index (Phi) is 8.17. The summed E-state index contributed by atoms with van der Waals surface area (Å²) in [6, 6.07) is 1.92. The molecule has 3 fully saturated rings. The van der Waals surface area contributed by atoms with Crippen molar-refractivity contribution in [3.63, 3.8) is 0 Å². The van der Waals surface area contributed by atoms with Gasteiger partial charge in [-0.2, -0.15) is 0 Å². The van der Waals surface area contributed by atoms with Gasteiger partial charge >= 0.3 is 0 Å². The molecule has 2 aromatic heterocycles. The molecule has 6 rings (SSSR count). The molecule has 3 aliphatic rings. The first kappa shape index (κ1) is 31.5. The lowest BCUT2D eigenvalue weighted by molar-refractivity contribution is -0.178. The molecule has 3 aromatic rings. The van der Waals surface area contributed by atoms with Crippen LogP contribution < -0.4 is 5.32 Å². The molecule has 15 heteroatoms. The van der Waals surface area contributed by atoms with Crippen LogP contribution in [0.5, 0.6) is 0 Å². The number of piperidine rings is 1. The van der Waals surface area contributed by atoms with Gasteiger partial charge in [0.25, 0.3) is 0 Å². The molecule has 1 unspecified atom stereocenters. The summed E-state index contributed by atoms with van der Waals surface area (Å²) in [4.78, 5) is 14.7. The number of halogens is 2. The monoisotopic (exact) mass is 652 g/mol. The Bertz CT molecular complexity index is 1670. The molecule has 1 aromatic carbocycles. The minimum Gasteiger partial charge on any atom is -0.387 e. The lowest BCUT2D eigenvalue weighted by Crippen LogP contribution is -2.72. The Morgan fingerprint density at radius 1 is 1.16 bits per heavy atom. The quantitative estimate of drug-likeness (QED) is 0.297. The summed E-state index contributed by atoms with van der Waals surface area (Å²) >= 11 is 6.48. The zero-order chi connectivity index (χ0) is 31.7. The van der Waals surface area contributed by atoms with Crippen molar-refractivity contribution in [2.45, 2.75) is 100 Å². The molecule has 5 atom stereocenters. The van der Waals surface area contributed by atoms with E-state index < -0.39 is 50.3 Å². The van der Waals surface area contributed by atoms with Crippen molar-refractivity contribution in [3.8, 4) is 11.3 Å². The molecular weight excluding hydrogens is 615 g/mol. The SMILES string of the molecule is CC(C)n1c(C(C)(C)O)nc2c(F)cc(-c3nc(N[C@@H]4C[C@H]5CC(S(=O)(=O)C6CCOCC6)N5[C@@H](O)[C@H]4O)ncc3Cl)cc21. The van der Waals surface area contributed by atoms with Crippen LogP contribution in [0.2, 0.25) is 5.02 Å². The first-order chi connectivity index (χ1) is 20.7. The summed E-state index contributed by atoms with van der Waals surface area (Å²) in [6.45, 7) is 7.80. The van der Waals surface area contributed by atoms with E-state index in [1.807, 2.05) is 13.8 Å². The molecule has 3 aliphatic heterocycles. The van der Waals surface area contributed by atoms with Gasteiger partial charge < -0.3 is 29.9 Å². The Labute approximate surface area is 260 Å². The number of aliphatic hydroxyl groups excluding tert-OH is 2. The molecule has 12 nitrogen and oxygen atoms in total. The number of hydrogen-bond donors (Lipinski definition) is 4. The predicted octanol–water partition coefficient (Wildman–Crippen LogP) is 2.95. The Morgan fingerprint density at radius 3 is 2.52 bits per heavy atom. The minimum absolute atomic E-state index is 0.106. The smallest absolute Gasteiger partial charge is 0.223 e. The highest BCUT2D eigenvalue weighted by Gasteiger charge is 2.56. The highest BCUT2D eigenvalue weighted by molar-refractivity contribution is 7.92. The number of aliphatic hydroxyl groups is 3. The maximum absolute atomic E-state index is 15.4. The Balaban J connectivity index is 1.25. The number of nitrogens with zero attached hydrogens (tertiary/aromatic N) is 5. The van der Waals surface area contributed by atoms with Gasteiger partial charge in [0, 0.05) is 30.9 Å². The van der Waals surface area contributed by atoms with Crippen molar-refractivity contribution in [2.24, 2.45) is 0 Å². The lowest BCUT2D eigenvalue weighted by Gasteiger charge is -2.56.